The number of methoxy groups -OCH3 is 1. The number of para-hydroxylation sites is 1. The molecule has 2 aliphatic rings. The monoisotopic (exact) mass is 400 g/mol. The minimum Gasteiger partial charge on any atom is -0.465 e. The van der Waals surface area contributed by atoms with E-state index in [2.05, 4.69) is 41.4 Å². The molecule has 1 N–H and O–H groups in total. The van der Waals surface area contributed by atoms with Crippen LogP contribution < -0.4 is 10.2 Å². The van der Waals surface area contributed by atoms with Crippen molar-refractivity contribution in [2.45, 2.75) is 51.5 Å². The van der Waals surface area contributed by atoms with E-state index in [0.29, 0.717) is 16.7 Å². The lowest BCUT2D eigenvalue weighted by molar-refractivity contribution is 0.0601. The summed E-state index contributed by atoms with van der Waals surface area (Å²) >= 11 is 7.46. The molecule has 0 radical (unpaired) electrons. The molecule has 0 saturated heterocycles. The molecule has 2 aromatic rings. The van der Waals surface area contributed by atoms with Gasteiger partial charge >= 0.3 is 5.97 Å². The van der Waals surface area contributed by atoms with Gasteiger partial charge in [0.1, 0.15) is 5.00 Å². The molecule has 0 amide bonds. The largest absolute Gasteiger partial charge is 0.465 e. The number of thiophene rings is 1. The van der Waals surface area contributed by atoms with Crippen molar-refractivity contribution in [3.63, 3.8) is 0 Å². The number of thiocarbonyl (C=S) groups is 1. The van der Waals surface area contributed by atoms with Crippen molar-refractivity contribution in [2.75, 3.05) is 17.3 Å². The summed E-state index contributed by atoms with van der Waals surface area (Å²) in [7, 11) is 1.44. The van der Waals surface area contributed by atoms with Gasteiger partial charge in [-0.25, -0.2) is 4.79 Å². The average molecular weight is 401 g/mol. The minimum atomic E-state index is -0.271. The number of fused-ring (bicyclic) bond motifs is 2. The second-order valence-electron chi connectivity index (χ2n) is 7.22. The van der Waals surface area contributed by atoms with Gasteiger partial charge in [0.25, 0.3) is 0 Å². The molecule has 1 aliphatic heterocycles. The van der Waals surface area contributed by atoms with Crippen LogP contribution in [0.2, 0.25) is 0 Å². The summed E-state index contributed by atoms with van der Waals surface area (Å²) in [5.74, 6) is -0.271. The van der Waals surface area contributed by atoms with E-state index >= 15 is 0 Å². The number of rotatable bonds is 2. The van der Waals surface area contributed by atoms with Crippen LogP contribution in [0.1, 0.15) is 52.5 Å². The first-order chi connectivity index (χ1) is 13.1. The van der Waals surface area contributed by atoms with Crippen LogP contribution in [0.4, 0.5) is 10.7 Å². The van der Waals surface area contributed by atoms with E-state index < -0.39 is 0 Å². The Morgan fingerprint density at radius 2 is 2.04 bits per heavy atom. The van der Waals surface area contributed by atoms with E-state index in [1.54, 1.807) is 11.3 Å². The van der Waals surface area contributed by atoms with Gasteiger partial charge in [0.2, 0.25) is 0 Å². The lowest BCUT2D eigenvalue weighted by Crippen LogP contribution is -2.44. The molecule has 1 aromatic heterocycles. The predicted octanol–water partition coefficient (Wildman–Crippen LogP) is 4.95. The number of carbonyl (C=O) groups is 1. The van der Waals surface area contributed by atoms with Crippen LogP contribution in [0.15, 0.2) is 24.3 Å². The predicted molar refractivity (Wildman–Crippen MR) is 115 cm³/mol. The molecule has 0 fully saturated rings. The van der Waals surface area contributed by atoms with Gasteiger partial charge in [0.15, 0.2) is 5.11 Å². The number of carbonyl (C=O) groups excluding carboxylic acids is 1. The van der Waals surface area contributed by atoms with Gasteiger partial charge in [-0.1, -0.05) is 18.2 Å². The average Bonchev–Trinajstić information content (AvgIpc) is 3.04. The highest BCUT2D eigenvalue weighted by molar-refractivity contribution is 7.80. The Morgan fingerprint density at radius 3 is 2.85 bits per heavy atom. The Bertz CT molecular complexity index is 890. The number of anilines is 2. The Balaban J connectivity index is 1.68. The summed E-state index contributed by atoms with van der Waals surface area (Å²) in [5, 5.41) is 4.88. The van der Waals surface area contributed by atoms with Crippen molar-refractivity contribution in [3.05, 3.63) is 45.8 Å². The molecule has 0 bridgehead atoms. The standard InChI is InChI=1S/C21H24N2O2S2/c1-13-11-12-14-7-3-5-9-16(14)23(13)21(26)22-19-18(20(24)25-2)15-8-4-6-10-17(15)27-19/h3,5,7,9,13H,4,6,8,10-12H2,1-2H3,(H,22,26)/t13-/m1/s1. The number of hydrogen-bond acceptors (Lipinski definition) is 4. The van der Waals surface area contributed by atoms with Crippen LogP contribution in [0.3, 0.4) is 0 Å². The zero-order valence-corrected chi connectivity index (χ0v) is 17.3. The highest BCUT2D eigenvalue weighted by atomic mass is 32.1. The van der Waals surface area contributed by atoms with Crippen molar-refractivity contribution in [3.8, 4) is 0 Å². The normalized spacial score (nSPS) is 18.4. The van der Waals surface area contributed by atoms with E-state index in [1.165, 1.54) is 24.0 Å². The van der Waals surface area contributed by atoms with Gasteiger partial charge in [-0.2, -0.15) is 0 Å². The Kier molecular flexibility index (Phi) is 5.19. The molecule has 2 heterocycles. The quantitative estimate of drug-likeness (QED) is 0.570. The lowest BCUT2D eigenvalue weighted by atomic mass is 9.95. The summed E-state index contributed by atoms with van der Waals surface area (Å²) < 4.78 is 5.08. The first-order valence-electron chi connectivity index (χ1n) is 9.51. The topological polar surface area (TPSA) is 41.6 Å². The molecule has 1 aliphatic carbocycles. The van der Waals surface area contributed by atoms with E-state index in [0.717, 1.165) is 48.4 Å². The molecule has 6 heteroatoms. The summed E-state index contributed by atoms with van der Waals surface area (Å²) in [6.07, 6.45) is 6.39. The van der Waals surface area contributed by atoms with Gasteiger partial charge in [0.05, 0.1) is 12.7 Å². The number of esters is 1. The van der Waals surface area contributed by atoms with Crippen molar-refractivity contribution in [1.82, 2.24) is 0 Å². The summed E-state index contributed by atoms with van der Waals surface area (Å²) in [6.45, 7) is 2.20. The van der Waals surface area contributed by atoms with Crippen LogP contribution >= 0.6 is 23.6 Å². The molecule has 27 heavy (non-hydrogen) atoms. The number of benzene rings is 1. The molecular weight excluding hydrogens is 376 g/mol. The number of aryl methyl sites for hydroxylation is 2. The van der Waals surface area contributed by atoms with Gasteiger partial charge in [-0.05, 0) is 74.9 Å². The highest BCUT2D eigenvalue weighted by Gasteiger charge is 2.30. The van der Waals surface area contributed by atoms with Crippen LogP contribution in [0, 0.1) is 0 Å². The Hall–Kier alpha value is -1.92. The first-order valence-corrected chi connectivity index (χ1v) is 10.7. The number of hydrogen-bond donors (Lipinski definition) is 1. The third kappa shape index (κ3) is 3.36. The second kappa shape index (κ2) is 7.60. The molecule has 4 rings (SSSR count). The van der Waals surface area contributed by atoms with Gasteiger partial charge in [0, 0.05) is 16.6 Å². The first kappa shape index (κ1) is 18.4. The molecule has 142 valence electrons. The van der Waals surface area contributed by atoms with Crippen molar-refractivity contribution in [1.29, 1.82) is 0 Å². The fourth-order valence-electron chi connectivity index (χ4n) is 4.13. The summed E-state index contributed by atoms with van der Waals surface area (Å²) in [4.78, 5) is 16.0. The van der Waals surface area contributed by atoms with Crippen molar-refractivity contribution < 1.29 is 9.53 Å². The van der Waals surface area contributed by atoms with Crippen LogP contribution in [0.5, 0.6) is 0 Å². The fourth-order valence-corrected chi connectivity index (χ4v) is 5.85. The summed E-state index contributed by atoms with van der Waals surface area (Å²) in [6, 6.07) is 8.74. The fraction of sp³-hybridized carbons (Fsp3) is 0.429. The van der Waals surface area contributed by atoms with E-state index in [1.807, 2.05) is 0 Å². The third-order valence-electron chi connectivity index (χ3n) is 5.52. The smallest absolute Gasteiger partial charge is 0.341 e. The maximum Gasteiger partial charge on any atom is 0.341 e. The van der Waals surface area contributed by atoms with Crippen molar-refractivity contribution >= 4 is 45.3 Å². The molecule has 4 nitrogen and oxygen atoms in total. The second-order valence-corrected chi connectivity index (χ2v) is 8.72. The highest BCUT2D eigenvalue weighted by Crippen LogP contribution is 2.39. The maximum atomic E-state index is 12.5. The van der Waals surface area contributed by atoms with E-state index in [-0.39, 0.29) is 5.97 Å². The molecule has 1 atom stereocenters. The van der Waals surface area contributed by atoms with Crippen molar-refractivity contribution in [2.24, 2.45) is 0 Å². The van der Waals surface area contributed by atoms with E-state index in [9.17, 15) is 4.79 Å². The molecule has 0 unspecified atom stereocenters. The number of nitrogens with zero attached hydrogens (tertiary/aromatic N) is 1. The van der Waals surface area contributed by atoms with Crippen LogP contribution in [0.25, 0.3) is 0 Å². The lowest BCUT2D eigenvalue weighted by Gasteiger charge is -2.37. The molecule has 1 aromatic carbocycles. The van der Waals surface area contributed by atoms with Crippen LogP contribution in [-0.2, 0) is 24.0 Å². The molecule has 0 spiro atoms. The van der Waals surface area contributed by atoms with Gasteiger partial charge < -0.3 is 15.0 Å². The van der Waals surface area contributed by atoms with E-state index in [4.69, 9.17) is 17.0 Å². The Morgan fingerprint density at radius 1 is 1.26 bits per heavy atom. The zero-order chi connectivity index (χ0) is 19.0. The molecule has 0 saturated carbocycles. The Labute approximate surface area is 169 Å². The van der Waals surface area contributed by atoms with Gasteiger partial charge in [-0.15, -0.1) is 11.3 Å². The number of nitrogens with one attached hydrogen (secondary N) is 1. The minimum absolute atomic E-state index is 0.271. The third-order valence-corrected chi connectivity index (χ3v) is 7.03. The SMILES string of the molecule is COC(=O)c1c(NC(=S)N2c3ccccc3CC[C@H]2C)sc2c1CCCC2. The number of ether oxygens (including phenoxy) is 1. The molecular formula is C21H24N2O2S2. The zero-order valence-electron chi connectivity index (χ0n) is 15.7. The maximum absolute atomic E-state index is 12.5. The van der Waals surface area contributed by atoms with Gasteiger partial charge in [-0.3, -0.25) is 0 Å². The van der Waals surface area contributed by atoms with Crippen LogP contribution in [-0.4, -0.2) is 24.2 Å². The summed E-state index contributed by atoms with van der Waals surface area (Å²) in [5.41, 5.74) is 4.31.